The average Bonchev–Trinajstić information content (AvgIpc) is 3.84. The Morgan fingerprint density at radius 2 is 0.898 bits per heavy atom. The molecule has 0 unspecified atom stereocenters. The Kier molecular flexibility index (Phi) is 7.54. The first-order valence-electron chi connectivity index (χ1n) is 20.2. The Morgan fingerprint density at radius 1 is 0.339 bits per heavy atom. The molecule has 0 spiro atoms. The summed E-state index contributed by atoms with van der Waals surface area (Å²) in [6.07, 6.45) is 0. The fraction of sp³-hybridized carbons (Fsp3) is 0. The molecule has 3 nitrogen and oxygen atoms in total. The van der Waals surface area contributed by atoms with Crippen molar-refractivity contribution in [2.24, 2.45) is 0 Å². The van der Waals surface area contributed by atoms with Crippen molar-refractivity contribution >= 4 is 82.4 Å². The molecule has 0 atom stereocenters. The van der Waals surface area contributed by atoms with E-state index in [1.807, 2.05) is 12.1 Å². The number of benzene rings is 10. The highest BCUT2D eigenvalue weighted by Crippen LogP contribution is 2.44. The molecule has 0 aliphatic heterocycles. The summed E-state index contributed by atoms with van der Waals surface area (Å²) in [6, 6.07) is 78.9. The third-order valence-electron chi connectivity index (χ3n) is 12.0. The maximum absolute atomic E-state index is 6.34. The van der Waals surface area contributed by atoms with Gasteiger partial charge in [-0.2, -0.15) is 0 Å². The number of fused-ring (bicyclic) bond motifs is 8. The number of anilines is 3. The van der Waals surface area contributed by atoms with Crippen LogP contribution in [0.25, 0.3) is 93.2 Å². The van der Waals surface area contributed by atoms with E-state index in [9.17, 15) is 0 Å². The zero-order valence-electron chi connectivity index (χ0n) is 32.1. The second kappa shape index (κ2) is 13.4. The maximum atomic E-state index is 6.34. The largest absolute Gasteiger partial charge is 0.456 e. The van der Waals surface area contributed by atoms with Gasteiger partial charge in [0.2, 0.25) is 0 Å². The number of rotatable bonds is 6. The molecule has 0 amide bonds. The number of furan rings is 1. The fourth-order valence-corrected chi connectivity index (χ4v) is 9.29. The number of hydrogen-bond acceptors (Lipinski definition) is 2. The van der Waals surface area contributed by atoms with Gasteiger partial charge in [-0.05, 0) is 93.7 Å². The van der Waals surface area contributed by atoms with E-state index >= 15 is 0 Å². The molecule has 0 radical (unpaired) electrons. The van der Waals surface area contributed by atoms with Gasteiger partial charge in [0.15, 0.2) is 0 Å². The lowest BCUT2D eigenvalue weighted by atomic mass is 9.93. The first kappa shape index (κ1) is 33.3. The van der Waals surface area contributed by atoms with Crippen molar-refractivity contribution in [2.45, 2.75) is 0 Å². The highest BCUT2D eigenvalue weighted by atomic mass is 16.3. The molecule has 12 aromatic rings. The molecular weight excluding hydrogens is 717 g/mol. The van der Waals surface area contributed by atoms with Gasteiger partial charge in [-0.3, -0.25) is 0 Å². The third-order valence-corrected chi connectivity index (χ3v) is 12.0. The van der Waals surface area contributed by atoms with Gasteiger partial charge in [-0.25, -0.2) is 0 Å². The van der Waals surface area contributed by atoms with E-state index in [1.165, 1.54) is 49.0 Å². The Balaban J connectivity index is 1.01. The van der Waals surface area contributed by atoms with E-state index in [2.05, 4.69) is 216 Å². The lowest BCUT2D eigenvalue weighted by Crippen LogP contribution is -2.11. The minimum absolute atomic E-state index is 0.891. The summed E-state index contributed by atoms with van der Waals surface area (Å²) in [4.78, 5) is 2.43. The molecule has 0 fully saturated rings. The summed E-state index contributed by atoms with van der Waals surface area (Å²) < 4.78 is 8.71. The first-order chi connectivity index (χ1) is 29.3. The number of para-hydroxylation sites is 2. The zero-order valence-corrected chi connectivity index (χ0v) is 32.1. The predicted molar refractivity (Wildman–Crippen MR) is 249 cm³/mol. The average molecular weight is 753 g/mol. The SMILES string of the molecule is c1cc(-c2ccccc2-c2ccc3c(c2)c2ccccc2n3-c2ccc3c(c2)oc2ccccc23)cc(N(c2cccc3ccccc23)c2cccc3ccccc23)c1. The van der Waals surface area contributed by atoms with E-state index in [0.29, 0.717) is 0 Å². The fourth-order valence-electron chi connectivity index (χ4n) is 9.29. The molecule has 2 aromatic heterocycles. The normalized spacial score (nSPS) is 11.7. The highest BCUT2D eigenvalue weighted by Gasteiger charge is 2.20. The van der Waals surface area contributed by atoms with Crippen LogP contribution < -0.4 is 4.90 Å². The third kappa shape index (κ3) is 5.36. The van der Waals surface area contributed by atoms with E-state index in [-0.39, 0.29) is 0 Å². The number of aromatic nitrogens is 1. The van der Waals surface area contributed by atoms with Gasteiger partial charge in [0, 0.05) is 49.8 Å². The Hall–Kier alpha value is -7.88. The molecule has 276 valence electrons. The van der Waals surface area contributed by atoms with Crippen molar-refractivity contribution in [3.8, 4) is 27.9 Å². The molecule has 0 aliphatic carbocycles. The second-order valence-electron chi connectivity index (χ2n) is 15.3. The van der Waals surface area contributed by atoms with Gasteiger partial charge in [0.25, 0.3) is 0 Å². The van der Waals surface area contributed by atoms with E-state index in [1.54, 1.807) is 0 Å². The minimum Gasteiger partial charge on any atom is -0.456 e. The van der Waals surface area contributed by atoms with Gasteiger partial charge in [-0.15, -0.1) is 0 Å². The molecule has 0 N–H and O–H groups in total. The van der Waals surface area contributed by atoms with Crippen LogP contribution in [0.2, 0.25) is 0 Å². The standard InChI is InChI=1S/C56H36N2O/c1-3-22-45-37(14-1)16-12-27-51(45)57(52-28-13-17-38-15-2-4-23-46(38)52)41-19-11-18-39(34-41)43-20-5-6-21-44(43)40-30-33-54-50(35-40)47-24-7-9-26-53(47)58(54)42-31-32-49-48-25-8-10-29-55(48)59-56(49)36-42/h1-36H. The summed E-state index contributed by atoms with van der Waals surface area (Å²) in [5, 5.41) is 9.54. The molecular formula is C56H36N2O. The Labute approximate surface area is 341 Å². The molecule has 0 saturated carbocycles. The van der Waals surface area contributed by atoms with Gasteiger partial charge in [0.05, 0.1) is 22.4 Å². The molecule has 0 saturated heterocycles. The van der Waals surface area contributed by atoms with Gasteiger partial charge < -0.3 is 13.9 Å². The van der Waals surface area contributed by atoms with Crippen LogP contribution in [0.4, 0.5) is 17.1 Å². The summed E-state index contributed by atoms with van der Waals surface area (Å²) in [6.45, 7) is 0. The van der Waals surface area contributed by atoms with Crippen LogP contribution in [0.5, 0.6) is 0 Å². The van der Waals surface area contributed by atoms with E-state index in [4.69, 9.17) is 4.42 Å². The summed E-state index contributed by atoms with van der Waals surface area (Å²) in [7, 11) is 0. The summed E-state index contributed by atoms with van der Waals surface area (Å²) in [5.41, 5.74) is 13.3. The van der Waals surface area contributed by atoms with Crippen molar-refractivity contribution in [3.63, 3.8) is 0 Å². The zero-order chi connectivity index (χ0) is 38.9. The molecule has 59 heavy (non-hydrogen) atoms. The van der Waals surface area contributed by atoms with Crippen LogP contribution in [0.15, 0.2) is 223 Å². The Morgan fingerprint density at radius 3 is 1.64 bits per heavy atom. The maximum Gasteiger partial charge on any atom is 0.137 e. The molecule has 0 aliphatic rings. The lowest BCUT2D eigenvalue weighted by molar-refractivity contribution is 0.668. The van der Waals surface area contributed by atoms with Gasteiger partial charge >= 0.3 is 0 Å². The van der Waals surface area contributed by atoms with Gasteiger partial charge in [-0.1, -0.05) is 152 Å². The van der Waals surface area contributed by atoms with Crippen LogP contribution >= 0.6 is 0 Å². The van der Waals surface area contributed by atoms with E-state index < -0.39 is 0 Å². The molecule has 3 heteroatoms. The lowest BCUT2D eigenvalue weighted by Gasteiger charge is -2.28. The van der Waals surface area contributed by atoms with Crippen molar-refractivity contribution in [3.05, 3.63) is 218 Å². The summed E-state index contributed by atoms with van der Waals surface area (Å²) >= 11 is 0. The van der Waals surface area contributed by atoms with Crippen molar-refractivity contribution in [1.82, 2.24) is 4.57 Å². The van der Waals surface area contributed by atoms with Crippen LogP contribution in [-0.2, 0) is 0 Å². The van der Waals surface area contributed by atoms with Crippen molar-refractivity contribution < 1.29 is 4.42 Å². The minimum atomic E-state index is 0.891. The van der Waals surface area contributed by atoms with Crippen molar-refractivity contribution in [1.29, 1.82) is 0 Å². The second-order valence-corrected chi connectivity index (χ2v) is 15.3. The summed E-state index contributed by atoms with van der Waals surface area (Å²) in [5.74, 6) is 0. The first-order valence-corrected chi connectivity index (χ1v) is 20.2. The van der Waals surface area contributed by atoms with Crippen LogP contribution in [0.3, 0.4) is 0 Å². The molecule has 10 aromatic carbocycles. The predicted octanol–water partition coefficient (Wildman–Crippen LogP) is 15.8. The van der Waals surface area contributed by atoms with Gasteiger partial charge in [0.1, 0.15) is 11.2 Å². The topological polar surface area (TPSA) is 21.3 Å². The monoisotopic (exact) mass is 752 g/mol. The van der Waals surface area contributed by atoms with E-state index in [0.717, 1.165) is 61.3 Å². The quantitative estimate of drug-likeness (QED) is 0.169. The molecule has 12 rings (SSSR count). The molecule has 0 bridgehead atoms. The van der Waals surface area contributed by atoms with Crippen LogP contribution in [0.1, 0.15) is 0 Å². The number of nitrogens with zero attached hydrogens (tertiary/aromatic N) is 2. The Bertz CT molecular complexity index is 3500. The molecule has 2 heterocycles. The smallest absolute Gasteiger partial charge is 0.137 e. The van der Waals surface area contributed by atoms with Crippen molar-refractivity contribution in [2.75, 3.05) is 4.90 Å². The van der Waals surface area contributed by atoms with Crippen LogP contribution in [-0.4, -0.2) is 4.57 Å². The van der Waals surface area contributed by atoms with Crippen LogP contribution in [0, 0.1) is 0 Å². The highest BCUT2D eigenvalue weighted by molar-refractivity contribution is 6.12. The number of hydrogen-bond donors (Lipinski definition) is 0.